The van der Waals surface area contributed by atoms with Crippen molar-refractivity contribution >= 4 is 23.2 Å². The van der Waals surface area contributed by atoms with E-state index < -0.39 is 5.54 Å². The van der Waals surface area contributed by atoms with E-state index in [4.69, 9.17) is 9.15 Å². The van der Waals surface area contributed by atoms with Gasteiger partial charge in [-0.05, 0) is 54.9 Å². The summed E-state index contributed by atoms with van der Waals surface area (Å²) in [6.07, 6.45) is 4.67. The molecule has 0 aromatic carbocycles. The summed E-state index contributed by atoms with van der Waals surface area (Å²) in [7, 11) is 0. The number of piperidine rings is 1. The molecule has 4 atom stereocenters. The van der Waals surface area contributed by atoms with Crippen LogP contribution in [0, 0.1) is 22.7 Å². The number of carbonyl (C=O) groups is 2. The summed E-state index contributed by atoms with van der Waals surface area (Å²) in [5, 5.41) is 10.0. The number of thiophene rings is 1. The van der Waals surface area contributed by atoms with Gasteiger partial charge in [0.15, 0.2) is 6.61 Å². The fourth-order valence-corrected chi connectivity index (χ4v) is 7.22. The number of hydrogen-bond acceptors (Lipinski definition) is 7. The van der Waals surface area contributed by atoms with E-state index >= 15 is 0 Å². The first-order valence-corrected chi connectivity index (χ1v) is 11.6. The average molecular weight is 428 g/mol. The molecule has 0 N–H and O–H groups in total. The Kier molecular flexibility index (Phi) is 3.67. The Balaban J connectivity index is 1.27. The predicted octanol–water partition coefficient (Wildman–Crippen LogP) is 3.66. The second kappa shape index (κ2) is 5.93. The summed E-state index contributed by atoms with van der Waals surface area (Å²) < 4.78 is 11.5. The molecule has 1 amide bonds. The molecule has 30 heavy (non-hydrogen) atoms. The van der Waals surface area contributed by atoms with Crippen LogP contribution in [0.5, 0.6) is 0 Å². The van der Waals surface area contributed by atoms with Crippen molar-refractivity contribution in [3.63, 3.8) is 0 Å². The third-order valence-corrected chi connectivity index (χ3v) is 9.47. The van der Waals surface area contributed by atoms with Crippen LogP contribution in [0.15, 0.2) is 21.9 Å². The molecule has 6 rings (SSSR count). The Morgan fingerprint density at radius 1 is 1.30 bits per heavy atom. The van der Waals surface area contributed by atoms with Crippen molar-refractivity contribution in [3.05, 3.63) is 23.4 Å². The van der Waals surface area contributed by atoms with E-state index in [-0.39, 0.29) is 41.1 Å². The van der Waals surface area contributed by atoms with Crippen molar-refractivity contribution < 1.29 is 18.7 Å². The van der Waals surface area contributed by atoms with Crippen LogP contribution in [0.4, 0.5) is 0 Å². The summed E-state index contributed by atoms with van der Waals surface area (Å²) in [5.74, 6) is 1.09. The fourth-order valence-electron chi connectivity index (χ4n) is 6.57. The van der Waals surface area contributed by atoms with E-state index in [0.717, 1.165) is 30.6 Å². The van der Waals surface area contributed by atoms with Gasteiger partial charge >= 0.3 is 5.97 Å². The zero-order chi connectivity index (χ0) is 20.7. The van der Waals surface area contributed by atoms with Gasteiger partial charge in [0.25, 0.3) is 11.8 Å². The SMILES string of the molecule is C[C@@]12CC[C@@H]3C[C@]1(C(=O)OCc1nnc(-c4cccs4)o1)N(C(=O)C1CC1)C[C@]32C. The van der Waals surface area contributed by atoms with Crippen LogP contribution in [0.1, 0.15) is 51.8 Å². The number of likely N-dealkylation sites (tertiary alicyclic amines) is 1. The van der Waals surface area contributed by atoms with Crippen molar-refractivity contribution in [1.82, 2.24) is 15.1 Å². The third-order valence-electron chi connectivity index (χ3n) is 8.61. The highest BCUT2D eigenvalue weighted by Gasteiger charge is 2.81. The Labute approximate surface area is 178 Å². The lowest BCUT2D eigenvalue weighted by Gasteiger charge is -2.46. The summed E-state index contributed by atoms with van der Waals surface area (Å²) in [6.45, 7) is 5.07. The second-order valence-corrected chi connectivity index (χ2v) is 10.8. The van der Waals surface area contributed by atoms with E-state index in [1.807, 2.05) is 22.4 Å². The van der Waals surface area contributed by atoms with E-state index in [1.54, 1.807) is 0 Å². The minimum Gasteiger partial charge on any atom is -0.454 e. The lowest BCUT2D eigenvalue weighted by Crippen LogP contribution is -2.61. The van der Waals surface area contributed by atoms with Gasteiger partial charge in [-0.2, -0.15) is 0 Å². The van der Waals surface area contributed by atoms with E-state index in [9.17, 15) is 9.59 Å². The molecule has 4 aliphatic rings. The van der Waals surface area contributed by atoms with Crippen LogP contribution in [-0.2, 0) is 20.9 Å². The summed E-state index contributed by atoms with van der Waals surface area (Å²) in [6, 6.07) is 3.82. The molecule has 4 bridgehead atoms. The van der Waals surface area contributed by atoms with E-state index in [2.05, 4.69) is 24.0 Å². The van der Waals surface area contributed by atoms with Crippen molar-refractivity contribution in [2.24, 2.45) is 22.7 Å². The predicted molar refractivity (Wildman–Crippen MR) is 108 cm³/mol. The second-order valence-electron chi connectivity index (χ2n) is 9.80. The van der Waals surface area contributed by atoms with Crippen LogP contribution in [0.25, 0.3) is 10.8 Å². The van der Waals surface area contributed by atoms with E-state index in [1.165, 1.54) is 11.3 Å². The Morgan fingerprint density at radius 2 is 2.13 bits per heavy atom. The minimum absolute atomic E-state index is 0.0204. The molecule has 3 aliphatic carbocycles. The molecule has 0 radical (unpaired) electrons. The zero-order valence-electron chi connectivity index (χ0n) is 17.2. The molecule has 3 heterocycles. The van der Waals surface area contributed by atoms with Crippen LogP contribution < -0.4 is 0 Å². The maximum absolute atomic E-state index is 13.6. The fraction of sp³-hybridized carbons (Fsp3) is 0.636. The molecule has 1 aliphatic heterocycles. The van der Waals surface area contributed by atoms with Crippen LogP contribution >= 0.6 is 11.3 Å². The van der Waals surface area contributed by atoms with Gasteiger partial charge in [0.05, 0.1) is 4.88 Å². The van der Waals surface area contributed by atoms with Crippen molar-refractivity contribution in [2.45, 2.75) is 58.1 Å². The minimum atomic E-state index is -0.860. The first-order chi connectivity index (χ1) is 14.4. The van der Waals surface area contributed by atoms with Gasteiger partial charge in [-0.3, -0.25) is 4.79 Å². The van der Waals surface area contributed by atoms with Gasteiger partial charge in [-0.15, -0.1) is 21.5 Å². The van der Waals surface area contributed by atoms with E-state index in [0.29, 0.717) is 24.8 Å². The highest BCUT2D eigenvalue weighted by Crippen LogP contribution is 2.76. The lowest BCUT2D eigenvalue weighted by molar-refractivity contribution is -0.172. The first-order valence-electron chi connectivity index (χ1n) is 10.7. The largest absolute Gasteiger partial charge is 0.454 e. The number of esters is 1. The maximum Gasteiger partial charge on any atom is 0.333 e. The highest BCUT2D eigenvalue weighted by atomic mass is 32.1. The molecule has 2 aromatic rings. The van der Waals surface area contributed by atoms with Crippen LogP contribution in [0.3, 0.4) is 0 Å². The standard InChI is InChI=1S/C22H25N3O4S/c1-20-12-25(18(26)13-5-6-13)22(10-14(20)7-8-21(20,22)2)19(27)28-11-16-23-24-17(29-16)15-4-3-9-30-15/h3-4,9,13-14H,5-8,10-12H2,1-2H3/t14-,20-,21+,22-/m1/s1. The van der Waals surface area contributed by atoms with Gasteiger partial charge < -0.3 is 14.1 Å². The van der Waals surface area contributed by atoms with Gasteiger partial charge in [0.2, 0.25) is 5.91 Å². The Morgan fingerprint density at radius 3 is 2.83 bits per heavy atom. The number of aromatic nitrogens is 2. The van der Waals surface area contributed by atoms with Crippen molar-refractivity contribution in [1.29, 1.82) is 0 Å². The molecule has 4 fully saturated rings. The smallest absolute Gasteiger partial charge is 0.333 e. The van der Waals surface area contributed by atoms with Crippen LogP contribution in [0.2, 0.25) is 0 Å². The topological polar surface area (TPSA) is 85.5 Å². The van der Waals surface area contributed by atoms with Crippen LogP contribution in [-0.4, -0.2) is 39.1 Å². The lowest BCUT2D eigenvalue weighted by atomic mass is 9.65. The molecule has 0 spiro atoms. The molecule has 8 heteroatoms. The molecule has 0 unspecified atom stereocenters. The first kappa shape index (κ1) is 18.5. The van der Waals surface area contributed by atoms with Gasteiger partial charge in [0, 0.05) is 17.9 Å². The molecule has 3 saturated carbocycles. The number of amides is 1. The zero-order valence-corrected chi connectivity index (χ0v) is 18.0. The van der Waals surface area contributed by atoms with Gasteiger partial charge in [-0.1, -0.05) is 19.9 Å². The van der Waals surface area contributed by atoms with Gasteiger partial charge in [0.1, 0.15) is 5.54 Å². The molecular weight excluding hydrogens is 402 g/mol. The summed E-state index contributed by atoms with van der Waals surface area (Å²) in [4.78, 5) is 29.6. The molecule has 158 valence electrons. The normalized spacial score (nSPS) is 36.5. The summed E-state index contributed by atoms with van der Waals surface area (Å²) >= 11 is 1.51. The number of carbonyl (C=O) groups excluding carboxylic acids is 2. The molecule has 2 aromatic heterocycles. The maximum atomic E-state index is 13.6. The van der Waals surface area contributed by atoms with Crippen molar-refractivity contribution in [3.8, 4) is 10.8 Å². The quantitative estimate of drug-likeness (QED) is 0.677. The monoisotopic (exact) mass is 427 g/mol. The molecule has 7 nitrogen and oxygen atoms in total. The number of hydrogen-bond donors (Lipinski definition) is 0. The van der Waals surface area contributed by atoms with Crippen molar-refractivity contribution in [2.75, 3.05) is 6.54 Å². The van der Waals surface area contributed by atoms with Gasteiger partial charge in [-0.25, -0.2) is 4.79 Å². The Hall–Kier alpha value is -2.22. The number of nitrogens with zero attached hydrogens (tertiary/aromatic N) is 3. The molecule has 1 saturated heterocycles. The summed E-state index contributed by atoms with van der Waals surface area (Å²) in [5.41, 5.74) is -1.13. The molecular formula is C22H25N3O4S. The number of ether oxygens (including phenoxy) is 1. The number of rotatable bonds is 5. The average Bonchev–Trinajstić information content (AvgIpc) is 3.05. The highest BCUT2D eigenvalue weighted by molar-refractivity contribution is 7.13. The third kappa shape index (κ3) is 2.15. The Bertz CT molecular complexity index is 1030.